The Morgan fingerprint density at radius 2 is 2.12 bits per heavy atom. The largest absolute Gasteiger partial charge is 0.361 e. The van der Waals surface area contributed by atoms with Gasteiger partial charge in [-0.15, -0.1) is 0 Å². The molecule has 0 aliphatic carbocycles. The van der Waals surface area contributed by atoms with Gasteiger partial charge in [-0.3, -0.25) is 0 Å². The predicted octanol–water partition coefficient (Wildman–Crippen LogP) is 1.52. The minimum atomic E-state index is -0.268. The average Bonchev–Trinajstić information content (AvgIpc) is 2.28. The SMILES string of the molecule is CC(C)CC(C)(CN)Nc1nccnc1C#N. The fraction of sp³-hybridized carbons (Fsp3) is 0.583. The topological polar surface area (TPSA) is 87.6 Å². The van der Waals surface area contributed by atoms with E-state index in [9.17, 15) is 0 Å². The number of rotatable bonds is 5. The highest BCUT2D eigenvalue weighted by Crippen LogP contribution is 2.21. The maximum absolute atomic E-state index is 8.95. The van der Waals surface area contributed by atoms with Crippen LogP contribution in [-0.4, -0.2) is 22.1 Å². The molecule has 17 heavy (non-hydrogen) atoms. The van der Waals surface area contributed by atoms with Crippen molar-refractivity contribution >= 4 is 5.82 Å². The van der Waals surface area contributed by atoms with E-state index in [1.54, 1.807) is 6.20 Å². The lowest BCUT2D eigenvalue weighted by Crippen LogP contribution is -2.44. The molecule has 1 atom stereocenters. The van der Waals surface area contributed by atoms with Crippen molar-refractivity contribution in [1.29, 1.82) is 5.26 Å². The smallest absolute Gasteiger partial charge is 0.182 e. The molecule has 1 rings (SSSR count). The molecule has 0 saturated heterocycles. The summed E-state index contributed by atoms with van der Waals surface area (Å²) >= 11 is 0. The van der Waals surface area contributed by atoms with Crippen LogP contribution >= 0.6 is 0 Å². The lowest BCUT2D eigenvalue weighted by molar-refractivity contribution is 0.405. The van der Waals surface area contributed by atoms with Crippen LogP contribution in [-0.2, 0) is 0 Å². The van der Waals surface area contributed by atoms with Gasteiger partial charge in [0, 0.05) is 24.5 Å². The van der Waals surface area contributed by atoms with Gasteiger partial charge < -0.3 is 11.1 Å². The molecule has 1 unspecified atom stereocenters. The lowest BCUT2D eigenvalue weighted by atomic mass is 9.90. The summed E-state index contributed by atoms with van der Waals surface area (Å²) in [5.74, 6) is 1.02. The van der Waals surface area contributed by atoms with E-state index in [0.29, 0.717) is 24.0 Å². The number of nitrogens with one attached hydrogen (secondary N) is 1. The van der Waals surface area contributed by atoms with Crippen molar-refractivity contribution in [3.05, 3.63) is 18.1 Å². The first-order chi connectivity index (χ1) is 8.00. The molecule has 92 valence electrons. The van der Waals surface area contributed by atoms with Gasteiger partial charge in [-0.2, -0.15) is 5.26 Å². The van der Waals surface area contributed by atoms with E-state index in [-0.39, 0.29) is 5.54 Å². The van der Waals surface area contributed by atoms with Crippen molar-refractivity contribution in [3.8, 4) is 6.07 Å². The summed E-state index contributed by atoms with van der Waals surface area (Å²) in [6, 6.07) is 2.02. The van der Waals surface area contributed by atoms with E-state index < -0.39 is 0 Å². The zero-order valence-corrected chi connectivity index (χ0v) is 10.6. The van der Waals surface area contributed by atoms with Crippen LogP contribution in [0.1, 0.15) is 32.9 Å². The third-order valence-electron chi connectivity index (χ3n) is 2.53. The highest BCUT2D eigenvalue weighted by Gasteiger charge is 2.25. The van der Waals surface area contributed by atoms with Gasteiger partial charge in [0.25, 0.3) is 0 Å². The molecule has 0 amide bonds. The van der Waals surface area contributed by atoms with Crippen molar-refractivity contribution in [2.45, 2.75) is 32.7 Å². The van der Waals surface area contributed by atoms with E-state index >= 15 is 0 Å². The van der Waals surface area contributed by atoms with E-state index in [2.05, 4.69) is 29.1 Å². The minimum absolute atomic E-state index is 0.268. The Kier molecular flexibility index (Phi) is 4.41. The fourth-order valence-corrected chi connectivity index (χ4v) is 1.88. The van der Waals surface area contributed by atoms with Gasteiger partial charge in [-0.25, -0.2) is 9.97 Å². The van der Waals surface area contributed by atoms with Gasteiger partial charge in [0.05, 0.1) is 0 Å². The Labute approximate surface area is 102 Å². The molecule has 1 aromatic heterocycles. The van der Waals surface area contributed by atoms with Gasteiger partial charge >= 0.3 is 0 Å². The number of nitrogens with zero attached hydrogens (tertiary/aromatic N) is 3. The molecule has 0 fully saturated rings. The van der Waals surface area contributed by atoms with Gasteiger partial charge in [-0.1, -0.05) is 13.8 Å². The molecule has 0 spiro atoms. The second-order valence-corrected chi connectivity index (χ2v) is 4.85. The molecule has 0 bridgehead atoms. The van der Waals surface area contributed by atoms with E-state index in [0.717, 1.165) is 6.42 Å². The minimum Gasteiger partial charge on any atom is -0.361 e. The number of aromatic nitrogens is 2. The summed E-state index contributed by atoms with van der Waals surface area (Å²) in [6.07, 6.45) is 3.98. The maximum atomic E-state index is 8.95. The molecule has 3 N–H and O–H groups in total. The molecular formula is C12H19N5. The maximum Gasteiger partial charge on any atom is 0.182 e. The summed E-state index contributed by atoms with van der Waals surface area (Å²) in [5, 5.41) is 12.2. The van der Waals surface area contributed by atoms with Crippen LogP contribution in [0, 0.1) is 17.2 Å². The Bertz CT molecular complexity index is 410. The van der Waals surface area contributed by atoms with Crippen LogP contribution in [0.3, 0.4) is 0 Å². The Hall–Kier alpha value is -1.67. The molecule has 0 aliphatic heterocycles. The Morgan fingerprint density at radius 3 is 2.65 bits per heavy atom. The monoisotopic (exact) mass is 233 g/mol. The molecule has 0 aromatic carbocycles. The fourth-order valence-electron chi connectivity index (χ4n) is 1.88. The number of hydrogen-bond acceptors (Lipinski definition) is 5. The number of nitriles is 1. The second-order valence-electron chi connectivity index (χ2n) is 4.85. The molecule has 1 aromatic rings. The molecule has 0 aliphatic rings. The van der Waals surface area contributed by atoms with Gasteiger partial charge in [0.15, 0.2) is 11.5 Å². The first-order valence-corrected chi connectivity index (χ1v) is 5.70. The van der Waals surface area contributed by atoms with Crippen LogP contribution in [0.4, 0.5) is 5.82 Å². The van der Waals surface area contributed by atoms with Crippen LogP contribution in [0.15, 0.2) is 12.4 Å². The van der Waals surface area contributed by atoms with E-state index in [1.807, 2.05) is 13.0 Å². The van der Waals surface area contributed by atoms with E-state index in [4.69, 9.17) is 11.0 Å². The van der Waals surface area contributed by atoms with Gasteiger partial charge in [-0.05, 0) is 19.3 Å². The van der Waals surface area contributed by atoms with Crippen molar-refractivity contribution in [2.75, 3.05) is 11.9 Å². The molecule has 5 heteroatoms. The lowest BCUT2D eigenvalue weighted by Gasteiger charge is -2.31. The first kappa shape index (κ1) is 13.4. The average molecular weight is 233 g/mol. The second kappa shape index (κ2) is 5.60. The molecular weight excluding hydrogens is 214 g/mol. The van der Waals surface area contributed by atoms with Crippen molar-refractivity contribution in [3.63, 3.8) is 0 Å². The molecule has 0 saturated carbocycles. The van der Waals surface area contributed by atoms with Crippen molar-refractivity contribution in [2.24, 2.45) is 11.7 Å². The number of anilines is 1. The summed E-state index contributed by atoms with van der Waals surface area (Å²) in [5.41, 5.74) is 5.83. The van der Waals surface area contributed by atoms with Crippen molar-refractivity contribution < 1.29 is 0 Å². The summed E-state index contributed by atoms with van der Waals surface area (Å²) in [6.45, 7) is 6.78. The van der Waals surface area contributed by atoms with Crippen LogP contribution in [0.2, 0.25) is 0 Å². The highest BCUT2D eigenvalue weighted by atomic mass is 15.1. The van der Waals surface area contributed by atoms with E-state index in [1.165, 1.54) is 6.20 Å². The van der Waals surface area contributed by atoms with Crippen molar-refractivity contribution in [1.82, 2.24) is 9.97 Å². The first-order valence-electron chi connectivity index (χ1n) is 5.70. The van der Waals surface area contributed by atoms with Gasteiger partial charge in [0.2, 0.25) is 0 Å². The van der Waals surface area contributed by atoms with Crippen LogP contribution in [0.25, 0.3) is 0 Å². The zero-order chi connectivity index (χ0) is 12.9. The Balaban J connectivity index is 2.91. The summed E-state index contributed by atoms with van der Waals surface area (Å²) < 4.78 is 0. The quantitative estimate of drug-likeness (QED) is 0.805. The molecule has 5 nitrogen and oxygen atoms in total. The summed E-state index contributed by atoms with van der Waals surface area (Å²) in [4.78, 5) is 8.11. The summed E-state index contributed by atoms with van der Waals surface area (Å²) in [7, 11) is 0. The standard InChI is InChI=1S/C12H19N5/c1-9(2)6-12(3,8-14)17-11-10(7-13)15-4-5-16-11/h4-5,9H,6,8,14H2,1-3H3,(H,16,17). The third-order valence-corrected chi connectivity index (χ3v) is 2.53. The predicted molar refractivity (Wildman–Crippen MR) is 67.3 cm³/mol. The Morgan fingerprint density at radius 1 is 1.47 bits per heavy atom. The molecule has 0 radical (unpaired) electrons. The van der Waals surface area contributed by atoms with Crippen LogP contribution < -0.4 is 11.1 Å². The number of nitrogens with two attached hydrogens (primary N) is 1. The normalized spacial score (nSPS) is 14.1. The number of hydrogen-bond donors (Lipinski definition) is 2. The highest BCUT2D eigenvalue weighted by molar-refractivity contribution is 5.48. The van der Waals surface area contributed by atoms with Crippen LogP contribution in [0.5, 0.6) is 0 Å². The third kappa shape index (κ3) is 3.68. The van der Waals surface area contributed by atoms with Gasteiger partial charge in [0.1, 0.15) is 6.07 Å². The zero-order valence-electron chi connectivity index (χ0n) is 10.6. The molecule has 1 heterocycles.